The highest BCUT2D eigenvalue weighted by Gasteiger charge is 2.19. The predicted octanol–water partition coefficient (Wildman–Crippen LogP) is 2.66. The summed E-state index contributed by atoms with van der Waals surface area (Å²) in [6, 6.07) is 8.06. The van der Waals surface area contributed by atoms with Gasteiger partial charge in [-0.05, 0) is 43.8 Å². The molecule has 1 fully saturated rings. The van der Waals surface area contributed by atoms with Crippen LogP contribution in [-0.2, 0) is 0 Å². The Labute approximate surface area is 153 Å². The summed E-state index contributed by atoms with van der Waals surface area (Å²) in [4.78, 5) is 22.7. The van der Waals surface area contributed by atoms with E-state index in [1.165, 1.54) is 0 Å². The van der Waals surface area contributed by atoms with Gasteiger partial charge >= 0.3 is 0 Å². The van der Waals surface area contributed by atoms with Gasteiger partial charge in [0.05, 0.1) is 5.69 Å². The number of hydrogen-bond acceptors (Lipinski definition) is 6. The fraction of sp³-hybridized carbons (Fsp3) is 0.300. The van der Waals surface area contributed by atoms with Gasteiger partial charge in [-0.15, -0.1) is 0 Å². The molecule has 0 N–H and O–H groups in total. The van der Waals surface area contributed by atoms with Gasteiger partial charge in [-0.1, -0.05) is 0 Å². The van der Waals surface area contributed by atoms with Crippen molar-refractivity contribution in [2.75, 3.05) is 38.1 Å². The molecule has 4 rings (SSSR count). The summed E-state index contributed by atoms with van der Waals surface area (Å²) in [7, 11) is 2.15. The van der Waals surface area contributed by atoms with Crippen LogP contribution in [0, 0.1) is 6.92 Å². The van der Waals surface area contributed by atoms with Gasteiger partial charge in [-0.2, -0.15) is 0 Å². The van der Waals surface area contributed by atoms with Gasteiger partial charge < -0.3 is 9.80 Å². The Morgan fingerprint density at radius 3 is 2.31 bits per heavy atom. The highest BCUT2D eigenvalue weighted by atomic mass is 15.3. The summed E-state index contributed by atoms with van der Waals surface area (Å²) in [6.45, 7) is 5.92. The molecule has 0 aromatic carbocycles. The summed E-state index contributed by atoms with van der Waals surface area (Å²) >= 11 is 0. The minimum absolute atomic E-state index is 0.784. The SMILES string of the molecule is Cc1ccc(-c2nc(N3CCN(C)CC3)ncc2-c2ccncc2)cn1. The molecule has 1 aliphatic rings. The highest BCUT2D eigenvalue weighted by molar-refractivity contribution is 5.80. The monoisotopic (exact) mass is 346 g/mol. The van der Waals surface area contributed by atoms with Crippen LogP contribution in [0.5, 0.6) is 0 Å². The maximum atomic E-state index is 4.93. The molecule has 0 bridgehead atoms. The molecule has 0 saturated carbocycles. The molecule has 0 unspecified atom stereocenters. The molecular formula is C20H22N6. The summed E-state index contributed by atoms with van der Waals surface area (Å²) in [5.74, 6) is 0.784. The second-order valence-corrected chi connectivity index (χ2v) is 6.65. The number of aryl methyl sites for hydroxylation is 1. The van der Waals surface area contributed by atoms with E-state index in [4.69, 9.17) is 4.98 Å². The number of pyridine rings is 2. The fourth-order valence-corrected chi connectivity index (χ4v) is 3.10. The zero-order valence-corrected chi connectivity index (χ0v) is 15.1. The molecule has 0 aliphatic carbocycles. The first-order valence-corrected chi connectivity index (χ1v) is 8.85. The van der Waals surface area contributed by atoms with E-state index in [9.17, 15) is 0 Å². The van der Waals surface area contributed by atoms with Gasteiger partial charge in [0.25, 0.3) is 0 Å². The van der Waals surface area contributed by atoms with E-state index >= 15 is 0 Å². The van der Waals surface area contributed by atoms with Crippen molar-refractivity contribution in [2.24, 2.45) is 0 Å². The van der Waals surface area contributed by atoms with Crippen molar-refractivity contribution in [1.82, 2.24) is 24.8 Å². The summed E-state index contributed by atoms with van der Waals surface area (Å²) in [6.07, 6.45) is 7.39. The Kier molecular flexibility index (Phi) is 4.58. The van der Waals surface area contributed by atoms with Gasteiger partial charge in [0.15, 0.2) is 0 Å². The van der Waals surface area contributed by atoms with Gasteiger partial charge in [-0.25, -0.2) is 9.97 Å². The Morgan fingerprint density at radius 1 is 0.846 bits per heavy atom. The molecule has 6 nitrogen and oxygen atoms in total. The summed E-state index contributed by atoms with van der Waals surface area (Å²) < 4.78 is 0. The van der Waals surface area contributed by atoms with Gasteiger partial charge in [0.2, 0.25) is 5.95 Å². The third-order valence-electron chi connectivity index (χ3n) is 4.74. The molecule has 0 amide bonds. The number of piperazine rings is 1. The van der Waals surface area contributed by atoms with E-state index in [-0.39, 0.29) is 0 Å². The number of aromatic nitrogens is 4. The van der Waals surface area contributed by atoms with E-state index in [2.05, 4.69) is 37.9 Å². The smallest absolute Gasteiger partial charge is 0.225 e. The van der Waals surface area contributed by atoms with E-state index in [0.29, 0.717) is 0 Å². The van der Waals surface area contributed by atoms with Crippen LogP contribution < -0.4 is 4.90 Å². The van der Waals surface area contributed by atoms with Crippen LogP contribution in [0.2, 0.25) is 0 Å². The van der Waals surface area contributed by atoms with Gasteiger partial charge in [0.1, 0.15) is 0 Å². The summed E-state index contributed by atoms with van der Waals surface area (Å²) in [5, 5.41) is 0. The molecule has 3 aromatic rings. The lowest BCUT2D eigenvalue weighted by Gasteiger charge is -2.32. The Bertz CT molecular complexity index is 871. The molecule has 0 spiro atoms. The number of likely N-dealkylation sites (N-methyl/N-ethyl adjacent to an activating group) is 1. The number of nitrogens with zero attached hydrogens (tertiary/aromatic N) is 6. The first-order chi connectivity index (χ1) is 12.7. The van der Waals surface area contributed by atoms with Gasteiger partial charge in [-0.3, -0.25) is 9.97 Å². The molecule has 1 aliphatic heterocycles. The predicted molar refractivity (Wildman–Crippen MR) is 103 cm³/mol. The molecule has 4 heterocycles. The van der Waals surface area contributed by atoms with Crippen LogP contribution in [-0.4, -0.2) is 58.1 Å². The van der Waals surface area contributed by atoms with Crippen molar-refractivity contribution < 1.29 is 0 Å². The van der Waals surface area contributed by atoms with Crippen LogP contribution in [0.4, 0.5) is 5.95 Å². The van der Waals surface area contributed by atoms with E-state index in [1.807, 2.05) is 37.5 Å². The molecule has 0 atom stereocenters. The quantitative estimate of drug-likeness (QED) is 0.727. The fourth-order valence-electron chi connectivity index (χ4n) is 3.10. The van der Waals surface area contributed by atoms with E-state index in [0.717, 1.165) is 60.2 Å². The van der Waals surface area contributed by atoms with Crippen LogP contribution in [0.15, 0.2) is 49.1 Å². The van der Waals surface area contributed by atoms with E-state index in [1.54, 1.807) is 12.4 Å². The average molecular weight is 346 g/mol. The second kappa shape index (κ2) is 7.17. The van der Waals surface area contributed by atoms with Crippen LogP contribution in [0.1, 0.15) is 5.69 Å². The molecule has 26 heavy (non-hydrogen) atoms. The lowest BCUT2D eigenvalue weighted by Crippen LogP contribution is -2.45. The van der Waals surface area contributed by atoms with Crippen LogP contribution in [0.3, 0.4) is 0 Å². The number of hydrogen-bond donors (Lipinski definition) is 0. The third-order valence-corrected chi connectivity index (χ3v) is 4.74. The van der Waals surface area contributed by atoms with Crippen molar-refractivity contribution >= 4 is 5.95 Å². The zero-order valence-electron chi connectivity index (χ0n) is 15.1. The van der Waals surface area contributed by atoms with Crippen molar-refractivity contribution in [3.8, 4) is 22.4 Å². The number of anilines is 1. The molecule has 132 valence electrons. The van der Waals surface area contributed by atoms with Crippen molar-refractivity contribution in [1.29, 1.82) is 0 Å². The Balaban J connectivity index is 1.78. The molecule has 1 saturated heterocycles. The van der Waals surface area contributed by atoms with Crippen molar-refractivity contribution in [3.63, 3.8) is 0 Å². The summed E-state index contributed by atoms with van der Waals surface area (Å²) in [5.41, 5.74) is 4.96. The van der Waals surface area contributed by atoms with Crippen molar-refractivity contribution in [2.45, 2.75) is 6.92 Å². The van der Waals surface area contributed by atoms with Gasteiger partial charge in [0, 0.05) is 67.8 Å². The topological polar surface area (TPSA) is 58.0 Å². The highest BCUT2D eigenvalue weighted by Crippen LogP contribution is 2.31. The molecule has 6 heteroatoms. The maximum Gasteiger partial charge on any atom is 0.225 e. The first-order valence-electron chi connectivity index (χ1n) is 8.85. The lowest BCUT2D eigenvalue weighted by atomic mass is 10.0. The normalized spacial score (nSPS) is 15.2. The van der Waals surface area contributed by atoms with E-state index < -0.39 is 0 Å². The first kappa shape index (κ1) is 16.6. The number of rotatable bonds is 3. The van der Waals surface area contributed by atoms with Crippen molar-refractivity contribution in [3.05, 3.63) is 54.7 Å². The standard InChI is InChI=1S/C20H22N6/c1-15-3-4-17(13-22-15)19-18(16-5-7-21-8-6-16)14-23-20(24-19)26-11-9-25(2)10-12-26/h3-8,13-14H,9-12H2,1-2H3. The Hall–Kier alpha value is -2.86. The largest absolute Gasteiger partial charge is 0.338 e. The van der Waals surface area contributed by atoms with Crippen LogP contribution in [0.25, 0.3) is 22.4 Å². The lowest BCUT2D eigenvalue weighted by molar-refractivity contribution is 0.311. The third kappa shape index (κ3) is 3.41. The maximum absolute atomic E-state index is 4.93. The second-order valence-electron chi connectivity index (χ2n) is 6.65. The minimum Gasteiger partial charge on any atom is -0.338 e. The minimum atomic E-state index is 0.784. The van der Waals surface area contributed by atoms with Crippen LogP contribution >= 0.6 is 0 Å². The molecular weight excluding hydrogens is 324 g/mol. The molecule has 3 aromatic heterocycles. The average Bonchev–Trinajstić information content (AvgIpc) is 2.69. The zero-order chi connectivity index (χ0) is 17.9. The molecule has 0 radical (unpaired) electrons. The Morgan fingerprint density at radius 2 is 1.62 bits per heavy atom.